The quantitative estimate of drug-likeness (QED) is 0.171. The van der Waals surface area contributed by atoms with Crippen LogP contribution in [0, 0.1) is 0 Å². The van der Waals surface area contributed by atoms with Gasteiger partial charge >= 0.3 is 0 Å². The molecule has 38 heavy (non-hydrogen) atoms. The smallest absolute Gasteiger partial charge is 0.255 e. The zero-order valence-corrected chi connectivity index (χ0v) is 20.4. The zero-order chi connectivity index (χ0) is 26.5. The third kappa shape index (κ3) is 5.18. The average molecular weight is 500 g/mol. The number of ketones is 1. The molecule has 5 rings (SSSR count). The van der Waals surface area contributed by atoms with E-state index in [9.17, 15) is 19.8 Å². The number of hydrogen-bond donors (Lipinski definition) is 3. The topological polar surface area (TPSA) is 86.6 Å². The SMILES string of the molecule is O=C(c1ccccc1)c1ccccc1NC(=O)c1ccccc1C(c1ccc(O)cc1)c1ccc(O)cc1. The van der Waals surface area contributed by atoms with Gasteiger partial charge in [-0.3, -0.25) is 9.59 Å². The van der Waals surface area contributed by atoms with E-state index >= 15 is 0 Å². The summed E-state index contributed by atoms with van der Waals surface area (Å²) < 4.78 is 0. The molecule has 0 aliphatic rings. The lowest BCUT2D eigenvalue weighted by Gasteiger charge is -2.22. The van der Waals surface area contributed by atoms with E-state index in [1.807, 2.05) is 42.5 Å². The number of benzene rings is 5. The molecule has 5 nitrogen and oxygen atoms in total. The van der Waals surface area contributed by atoms with Gasteiger partial charge in [0.05, 0.1) is 5.69 Å². The molecule has 0 saturated carbocycles. The number of hydrogen-bond acceptors (Lipinski definition) is 4. The molecule has 0 heterocycles. The molecule has 0 aliphatic carbocycles. The van der Waals surface area contributed by atoms with Crippen molar-refractivity contribution in [3.05, 3.63) is 161 Å². The summed E-state index contributed by atoms with van der Waals surface area (Å²) in [4.78, 5) is 26.9. The fourth-order valence-corrected chi connectivity index (χ4v) is 4.57. The number of rotatable bonds is 7. The van der Waals surface area contributed by atoms with Crippen molar-refractivity contribution in [1.29, 1.82) is 0 Å². The second-order valence-electron chi connectivity index (χ2n) is 8.90. The first-order valence-electron chi connectivity index (χ1n) is 12.2. The van der Waals surface area contributed by atoms with Crippen molar-refractivity contribution in [2.24, 2.45) is 0 Å². The Morgan fingerprint density at radius 1 is 0.553 bits per heavy atom. The Hall–Kier alpha value is -5.16. The summed E-state index contributed by atoms with van der Waals surface area (Å²) in [5, 5.41) is 22.7. The van der Waals surface area contributed by atoms with Crippen LogP contribution in [-0.4, -0.2) is 21.9 Å². The van der Waals surface area contributed by atoms with Gasteiger partial charge in [0.15, 0.2) is 5.78 Å². The van der Waals surface area contributed by atoms with E-state index in [-0.39, 0.29) is 29.1 Å². The minimum atomic E-state index is -0.350. The third-order valence-corrected chi connectivity index (χ3v) is 6.43. The van der Waals surface area contributed by atoms with E-state index in [2.05, 4.69) is 5.32 Å². The average Bonchev–Trinajstić information content (AvgIpc) is 2.96. The van der Waals surface area contributed by atoms with Crippen LogP contribution < -0.4 is 5.32 Å². The number of carbonyl (C=O) groups is 2. The van der Waals surface area contributed by atoms with Crippen LogP contribution in [0.3, 0.4) is 0 Å². The molecule has 5 aromatic carbocycles. The molecule has 1 amide bonds. The highest BCUT2D eigenvalue weighted by atomic mass is 16.3. The van der Waals surface area contributed by atoms with Crippen molar-refractivity contribution >= 4 is 17.4 Å². The van der Waals surface area contributed by atoms with Crippen molar-refractivity contribution in [2.45, 2.75) is 5.92 Å². The second kappa shape index (κ2) is 10.8. The highest BCUT2D eigenvalue weighted by molar-refractivity contribution is 6.15. The first-order chi connectivity index (χ1) is 18.5. The van der Waals surface area contributed by atoms with Crippen molar-refractivity contribution in [2.75, 3.05) is 5.32 Å². The van der Waals surface area contributed by atoms with Gasteiger partial charge in [0, 0.05) is 22.6 Å². The molecule has 0 spiro atoms. The predicted molar refractivity (Wildman–Crippen MR) is 148 cm³/mol. The Balaban J connectivity index is 1.54. The molecule has 3 N–H and O–H groups in total. The summed E-state index contributed by atoms with van der Waals surface area (Å²) in [7, 11) is 0. The van der Waals surface area contributed by atoms with Gasteiger partial charge in [0.2, 0.25) is 0 Å². The van der Waals surface area contributed by atoms with Gasteiger partial charge in [-0.2, -0.15) is 0 Å². The Labute approximate surface area is 220 Å². The Kier molecular flexibility index (Phi) is 7.00. The molecule has 5 heteroatoms. The molecule has 0 aliphatic heterocycles. The Morgan fingerprint density at radius 3 is 1.66 bits per heavy atom. The van der Waals surface area contributed by atoms with Gasteiger partial charge in [-0.1, -0.05) is 84.9 Å². The summed E-state index contributed by atoms with van der Waals surface area (Å²) in [6.07, 6.45) is 0. The second-order valence-corrected chi connectivity index (χ2v) is 8.90. The van der Waals surface area contributed by atoms with Crippen molar-refractivity contribution < 1.29 is 19.8 Å². The number of phenolic OH excluding ortho intramolecular Hbond substituents is 2. The van der Waals surface area contributed by atoms with Crippen LogP contribution in [0.5, 0.6) is 11.5 Å². The largest absolute Gasteiger partial charge is 0.508 e. The fourth-order valence-electron chi connectivity index (χ4n) is 4.57. The number of nitrogens with one attached hydrogen (secondary N) is 1. The number of anilines is 1. The number of para-hydroxylation sites is 1. The predicted octanol–water partition coefficient (Wildman–Crippen LogP) is 6.76. The molecule has 186 valence electrons. The van der Waals surface area contributed by atoms with Gasteiger partial charge in [0.25, 0.3) is 5.91 Å². The number of carbonyl (C=O) groups excluding carboxylic acids is 2. The minimum absolute atomic E-state index is 0.143. The lowest BCUT2D eigenvalue weighted by molar-refractivity contribution is 0.102. The summed E-state index contributed by atoms with van der Waals surface area (Å²) in [6.45, 7) is 0. The summed E-state index contributed by atoms with van der Waals surface area (Å²) >= 11 is 0. The normalized spacial score (nSPS) is 10.8. The van der Waals surface area contributed by atoms with E-state index in [4.69, 9.17) is 0 Å². The summed E-state index contributed by atoms with van der Waals surface area (Å²) in [5.41, 5.74) is 4.29. The summed E-state index contributed by atoms with van der Waals surface area (Å²) in [6, 6.07) is 36.9. The van der Waals surface area contributed by atoms with Gasteiger partial charge in [-0.05, 0) is 59.2 Å². The number of phenols is 2. The van der Waals surface area contributed by atoms with Gasteiger partial charge in [-0.25, -0.2) is 0 Å². The van der Waals surface area contributed by atoms with E-state index in [1.165, 1.54) is 0 Å². The van der Waals surface area contributed by atoms with Crippen LogP contribution in [0.15, 0.2) is 127 Å². The maximum absolute atomic E-state index is 13.7. The monoisotopic (exact) mass is 499 g/mol. The van der Waals surface area contributed by atoms with Crippen molar-refractivity contribution in [3.63, 3.8) is 0 Å². The Bertz CT molecular complexity index is 1530. The molecule has 5 aromatic rings. The van der Waals surface area contributed by atoms with Crippen molar-refractivity contribution in [1.82, 2.24) is 0 Å². The van der Waals surface area contributed by atoms with E-state index in [0.717, 1.165) is 16.7 Å². The fraction of sp³-hybridized carbons (Fsp3) is 0.0303. The standard InChI is InChI=1S/C33H25NO4/c35-25-18-14-22(15-19-25)31(23-16-20-26(36)21-17-23)27-10-4-5-11-28(27)33(38)34-30-13-7-6-12-29(30)32(37)24-8-2-1-3-9-24/h1-21,31,35-36H,(H,34,38). The maximum atomic E-state index is 13.7. The molecule has 0 unspecified atom stereocenters. The number of amides is 1. The zero-order valence-electron chi connectivity index (χ0n) is 20.4. The molecule has 0 fully saturated rings. The highest BCUT2D eigenvalue weighted by Gasteiger charge is 2.24. The summed E-state index contributed by atoms with van der Waals surface area (Å²) in [5.74, 6) is -0.593. The molecular formula is C33H25NO4. The molecule has 0 atom stereocenters. The van der Waals surface area contributed by atoms with E-state index in [0.29, 0.717) is 22.4 Å². The van der Waals surface area contributed by atoms with Gasteiger partial charge < -0.3 is 15.5 Å². The number of aromatic hydroxyl groups is 2. The molecule has 0 bridgehead atoms. The first-order valence-corrected chi connectivity index (χ1v) is 12.2. The third-order valence-electron chi connectivity index (χ3n) is 6.43. The van der Waals surface area contributed by atoms with Crippen LogP contribution in [-0.2, 0) is 0 Å². The van der Waals surface area contributed by atoms with E-state index < -0.39 is 0 Å². The van der Waals surface area contributed by atoms with Crippen LogP contribution in [0.1, 0.15) is 48.9 Å². The van der Waals surface area contributed by atoms with Crippen LogP contribution >= 0.6 is 0 Å². The molecule has 0 saturated heterocycles. The molecule has 0 radical (unpaired) electrons. The highest BCUT2D eigenvalue weighted by Crippen LogP contribution is 2.36. The van der Waals surface area contributed by atoms with Crippen LogP contribution in [0.2, 0.25) is 0 Å². The lowest BCUT2D eigenvalue weighted by atomic mass is 9.82. The maximum Gasteiger partial charge on any atom is 0.255 e. The van der Waals surface area contributed by atoms with Crippen molar-refractivity contribution in [3.8, 4) is 11.5 Å². The van der Waals surface area contributed by atoms with Crippen LogP contribution in [0.4, 0.5) is 5.69 Å². The van der Waals surface area contributed by atoms with Crippen LogP contribution in [0.25, 0.3) is 0 Å². The molecule has 0 aromatic heterocycles. The minimum Gasteiger partial charge on any atom is -0.508 e. The van der Waals surface area contributed by atoms with Gasteiger partial charge in [0.1, 0.15) is 11.5 Å². The Morgan fingerprint density at radius 2 is 1.05 bits per heavy atom. The van der Waals surface area contributed by atoms with E-state index in [1.54, 1.807) is 84.9 Å². The van der Waals surface area contributed by atoms with Gasteiger partial charge in [-0.15, -0.1) is 0 Å². The first kappa shape index (κ1) is 24.5. The molecular weight excluding hydrogens is 474 g/mol. The lowest BCUT2D eigenvalue weighted by Crippen LogP contribution is -2.18.